The second-order valence-corrected chi connectivity index (χ2v) is 6.19. The van der Waals surface area contributed by atoms with Gasteiger partial charge in [0.1, 0.15) is 0 Å². The molecule has 0 atom stereocenters. The standard InChI is InChI=1S/C13H16ClIN2O/c14-10-1-2-12(15)11(7-10)13(18)17-5-3-9(8-16)4-6-17/h1-2,7,9H,3-6,8,16H2. The second-order valence-electron chi connectivity index (χ2n) is 4.60. The Balaban J connectivity index is 2.10. The van der Waals surface area contributed by atoms with Gasteiger partial charge >= 0.3 is 0 Å². The van der Waals surface area contributed by atoms with Crippen molar-refractivity contribution in [2.45, 2.75) is 12.8 Å². The minimum atomic E-state index is 0.0809. The number of hydrogen-bond acceptors (Lipinski definition) is 2. The van der Waals surface area contributed by atoms with E-state index in [-0.39, 0.29) is 5.91 Å². The highest BCUT2D eigenvalue weighted by Crippen LogP contribution is 2.22. The molecule has 0 bridgehead atoms. The van der Waals surface area contributed by atoms with Crippen molar-refractivity contribution < 1.29 is 4.79 Å². The molecule has 2 N–H and O–H groups in total. The minimum absolute atomic E-state index is 0.0809. The van der Waals surface area contributed by atoms with Crippen LogP contribution < -0.4 is 5.73 Å². The fraction of sp³-hybridized carbons (Fsp3) is 0.462. The van der Waals surface area contributed by atoms with Gasteiger partial charge in [-0.25, -0.2) is 0 Å². The first-order chi connectivity index (χ1) is 8.61. The first-order valence-electron chi connectivity index (χ1n) is 6.06. The summed E-state index contributed by atoms with van der Waals surface area (Å²) in [6, 6.07) is 5.43. The summed E-state index contributed by atoms with van der Waals surface area (Å²) in [6.45, 7) is 2.31. The van der Waals surface area contributed by atoms with Crippen LogP contribution in [0.15, 0.2) is 18.2 Å². The van der Waals surface area contributed by atoms with Crippen LogP contribution in [-0.4, -0.2) is 30.4 Å². The van der Waals surface area contributed by atoms with Crippen LogP contribution in [0.2, 0.25) is 5.02 Å². The number of carbonyl (C=O) groups excluding carboxylic acids is 1. The quantitative estimate of drug-likeness (QED) is 0.805. The molecule has 1 aromatic carbocycles. The molecule has 1 aliphatic heterocycles. The van der Waals surface area contributed by atoms with Crippen molar-refractivity contribution in [2.75, 3.05) is 19.6 Å². The molecule has 0 spiro atoms. The zero-order valence-corrected chi connectivity index (χ0v) is 12.9. The Bertz CT molecular complexity index is 445. The minimum Gasteiger partial charge on any atom is -0.339 e. The highest BCUT2D eigenvalue weighted by molar-refractivity contribution is 14.1. The van der Waals surface area contributed by atoms with Gasteiger partial charge in [-0.05, 0) is 66.1 Å². The lowest BCUT2D eigenvalue weighted by Crippen LogP contribution is -2.40. The van der Waals surface area contributed by atoms with Gasteiger partial charge in [0.05, 0.1) is 5.56 Å². The lowest BCUT2D eigenvalue weighted by molar-refractivity contribution is 0.0692. The van der Waals surface area contributed by atoms with Crippen molar-refractivity contribution in [3.63, 3.8) is 0 Å². The van der Waals surface area contributed by atoms with Crippen LogP contribution in [0.1, 0.15) is 23.2 Å². The molecule has 0 saturated carbocycles. The Morgan fingerprint density at radius 2 is 2.11 bits per heavy atom. The molecule has 5 heteroatoms. The number of hydrogen-bond donors (Lipinski definition) is 1. The molecule has 1 amide bonds. The molecular formula is C13H16ClIN2O. The van der Waals surface area contributed by atoms with Gasteiger partial charge in [-0.15, -0.1) is 0 Å². The molecule has 1 aromatic rings. The zero-order chi connectivity index (χ0) is 13.1. The third-order valence-corrected chi connectivity index (χ3v) is 4.57. The van der Waals surface area contributed by atoms with Gasteiger partial charge in [0.15, 0.2) is 0 Å². The van der Waals surface area contributed by atoms with Gasteiger partial charge in [-0.1, -0.05) is 11.6 Å². The van der Waals surface area contributed by atoms with Crippen LogP contribution in [0.3, 0.4) is 0 Å². The van der Waals surface area contributed by atoms with Crippen LogP contribution >= 0.6 is 34.2 Å². The molecule has 1 saturated heterocycles. The van der Waals surface area contributed by atoms with Crippen LogP contribution in [-0.2, 0) is 0 Å². The third kappa shape index (κ3) is 3.16. The van der Waals surface area contributed by atoms with Gasteiger partial charge < -0.3 is 10.6 Å². The summed E-state index contributed by atoms with van der Waals surface area (Å²) < 4.78 is 0.947. The summed E-state index contributed by atoms with van der Waals surface area (Å²) in [5.74, 6) is 0.643. The lowest BCUT2D eigenvalue weighted by atomic mass is 9.96. The van der Waals surface area contributed by atoms with E-state index in [0.717, 1.165) is 36.0 Å². The van der Waals surface area contributed by atoms with Gasteiger partial charge in [0.2, 0.25) is 0 Å². The maximum absolute atomic E-state index is 12.4. The number of halogens is 2. The number of piperidine rings is 1. The number of carbonyl (C=O) groups is 1. The van der Waals surface area contributed by atoms with E-state index < -0.39 is 0 Å². The molecule has 18 heavy (non-hydrogen) atoms. The predicted octanol–water partition coefficient (Wildman–Crippen LogP) is 2.76. The van der Waals surface area contributed by atoms with E-state index in [0.29, 0.717) is 16.5 Å². The summed E-state index contributed by atoms with van der Waals surface area (Å²) >= 11 is 8.13. The van der Waals surface area contributed by atoms with Crippen molar-refractivity contribution in [1.82, 2.24) is 4.90 Å². The number of nitrogens with two attached hydrogens (primary N) is 1. The van der Waals surface area contributed by atoms with Gasteiger partial charge in [-0.3, -0.25) is 4.79 Å². The Labute approximate surface area is 126 Å². The molecule has 0 aromatic heterocycles. The van der Waals surface area contributed by atoms with E-state index in [9.17, 15) is 4.79 Å². The van der Waals surface area contributed by atoms with Crippen molar-refractivity contribution in [3.05, 3.63) is 32.4 Å². The molecule has 1 aliphatic rings. The van der Waals surface area contributed by atoms with Gasteiger partial charge in [0.25, 0.3) is 5.91 Å². The molecule has 0 radical (unpaired) electrons. The SMILES string of the molecule is NCC1CCN(C(=O)c2cc(Cl)ccc2I)CC1. The van der Waals surface area contributed by atoms with E-state index in [1.807, 2.05) is 11.0 Å². The molecular weight excluding hydrogens is 363 g/mol. The number of rotatable bonds is 2. The summed E-state index contributed by atoms with van der Waals surface area (Å²) in [5, 5.41) is 0.607. The number of likely N-dealkylation sites (tertiary alicyclic amines) is 1. The van der Waals surface area contributed by atoms with Crippen LogP contribution in [0, 0.1) is 9.49 Å². The smallest absolute Gasteiger partial charge is 0.254 e. The number of nitrogens with zero attached hydrogens (tertiary/aromatic N) is 1. The van der Waals surface area contributed by atoms with Crippen molar-refractivity contribution in [2.24, 2.45) is 11.7 Å². The highest BCUT2D eigenvalue weighted by atomic mass is 127. The van der Waals surface area contributed by atoms with Gasteiger partial charge in [0, 0.05) is 21.7 Å². The molecule has 2 rings (SSSR count). The molecule has 0 aliphatic carbocycles. The molecule has 1 fully saturated rings. The highest BCUT2D eigenvalue weighted by Gasteiger charge is 2.24. The monoisotopic (exact) mass is 378 g/mol. The van der Waals surface area contributed by atoms with Crippen LogP contribution in [0.4, 0.5) is 0 Å². The Kier molecular flexibility index (Phi) is 4.86. The maximum atomic E-state index is 12.4. The molecule has 0 unspecified atom stereocenters. The zero-order valence-electron chi connectivity index (χ0n) is 10.0. The molecule has 3 nitrogen and oxygen atoms in total. The summed E-state index contributed by atoms with van der Waals surface area (Å²) in [4.78, 5) is 14.3. The first-order valence-corrected chi connectivity index (χ1v) is 7.52. The second kappa shape index (κ2) is 6.21. The van der Waals surface area contributed by atoms with Crippen molar-refractivity contribution in [1.29, 1.82) is 0 Å². The fourth-order valence-corrected chi connectivity index (χ4v) is 2.94. The summed E-state index contributed by atoms with van der Waals surface area (Å²) in [5.41, 5.74) is 6.36. The van der Waals surface area contributed by atoms with Gasteiger partial charge in [-0.2, -0.15) is 0 Å². The van der Waals surface area contributed by atoms with E-state index >= 15 is 0 Å². The Hall–Kier alpha value is -0.330. The van der Waals surface area contributed by atoms with Crippen LogP contribution in [0.5, 0.6) is 0 Å². The van der Waals surface area contributed by atoms with E-state index in [1.54, 1.807) is 12.1 Å². The topological polar surface area (TPSA) is 46.3 Å². The van der Waals surface area contributed by atoms with Crippen molar-refractivity contribution >= 4 is 40.1 Å². The summed E-state index contributed by atoms with van der Waals surface area (Å²) in [6.07, 6.45) is 2.00. The van der Waals surface area contributed by atoms with E-state index in [2.05, 4.69) is 22.6 Å². The first kappa shape index (κ1) is 14.1. The predicted molar refractivity (Wildman–Crippen MR) is 81.9 cm³/mol. The third-order valence-electron chi connectivity index (χ3n) is 3.39. The van der Waals surface area contributed by atoms with E-state index in [1.165, 1.54) is 0 Å². The number of amides is 1. The van der Waals surface area contributed by atoms with E-state index in [4.69, 9.17) is 17.3 Å². The average Bonchev–Trinajstić information content (AvgIpc) is 2.41. The largest absolute Gasteiger partial charge is 0.339 e. The molecule has 98 valence electrons. The average molecular weight is 379 g/mol. The Morgan fingerprint density at radius 3 is 2.72 bits per heavy atom. The fourth-order valence-electron chi connectivity index (χ4n) is 2.20. The lowest BCUT2D eigenvalue weighted by Gasteiger charge is -2.31. The normalized spacial score (nSPS) is 16.9. The van der Waals surface area contributed by atoms with Crippen LogP contribution in [0.25, 0.3) is 0 Å². The summed E-state index contributed by atoms with van der Waals surface area (Å²) in [7, 11) is 0. The Morgan fingerprint density at radius 1 is 1.44 bits per heavy atom. The number of benzene rings is 1. The molecule has 1 heterocycles. The van der Waals surface area contributed by atoms with Crippen molar-refractivity contribution in [3.8, 4) is 0 Å². The maximum Gasteiger partial charge on any atom is 0.254 e.